The Balaban J connectivity index is 1.65. The number of nitrogens with zero attached hydrogens (tertiary/aromatic N) is 1. The highest BCUT2D eigenvalue weighted by Gasteiger charge is 2.36. The summed E-state index contributed by atoms with van der Waals surface area (Å²) in [7, 11) is 1.99. The third-order valence-electron chi connectivity index (χ3n) is 5.27. The van der Waals surface area contributed by atoms with E-state index in [4.69, 9.17) is 4.74 Å². The molecule has 2 N–H and O–H groups in total. The molecule has 1 aliphatic rings. The van der Waals surface area contributed by atoms with Gasteiger partial charge in [0.15, 0.2) is 0 Å². The molecule has 1 heterocycles. The van der Waals surface area contributed by atoms with E-state index in [2.05, 4.69) is 16.7 Å². The SMILES string of the molecule is Cn1cc(CC(=O)NC2(CNC(=O)OC(C)(C)C)CCCC2)c2ccccc21. The van der Waals surface area contributed by atoms with Crippen LogP contribution in [-0.4, -0.2) is 34.3 Å². The monoisotopic (exact) mass is 385 g/mol. The molecule has 2 amide bonds. The molecule has 6 heteroatoms. The van der Waals surface area contributed by atoms with Gasteiger partial charge in [-0.15, -0.1) is 0 Å². The fourth-order valence-electron chi connectivity index (χ4n) is 4.03. The van der Waals surface area contributed by atoms with E-state index in [1.165, 1.54) is 0 Å². The largest absolute Gasteiger partial charge is 0.444 e. The Morgan fingerprint density at radius 1 is 1.18 bits per heavy atom. The predicted molar refractivity (Wildman–Crippen MR) is 110 cm³/mol. The number of hydrogen-bond acceptors (Lipinski definition) is 3. The van der Waals surface area contributed by atoms with Crippen molar-refractivity contribution in [1.29, 1.82) is 0 Å². The molecule has 2 aromatic rings. The Bertz CT molecular complexity index is 858. The number of alkyl carbamates (subject to hydrolysis) is 1. The van der Waals surface area contributed by atoms with Crippen LogP contribution in [0.15, 0.2) is 30.5 Å². The second-order valence-corrected chi connectivity index (χ2v) is 8.85. The number of aryl methyl sites for hydroxylation is 1. The van der Waals surface area contributed by atoms with E-state index < -0.39 is 17.2 Å². The zero-order chi connectivity index (χ0) is 20.4. The summed E-state index contributed by atoms with van der Waals surface area (Å²) in [4.78, 5) is 24.9. The lowest BCUT2D eigenvalue weighted by Gasteiger charge is -2.31. The van der Waals surface area contributed by atoms with Crippen molar-refractivity contribution in [2.45, 2.75) is 64.0 Å². The van der Waals surface area contributed by atoms with Crippen LogP contribution >= 0.6 is 0 Å². The Morgan fingerprint density at radius 2 is 1.86 bits per heavy atom. The number of rotatable bonds is 5. The van der Waals surface area contributed by atoms with E-state index in [9.17, 15) is 9.59 Å². The number of aromatic nitrogens is 1. The number of carbonyl (C=O) groups is 2. The van der Waals surface area contributed by atoms with Gasteiger partial charge in [-0.3, -0.25) is 4.79 Å². The molecule has 152 valence electrons. The number of benzene rings is 1. The molecule has 1 saturated carbocycles. The fraction of sp³-hybridized carbons (Fsp3) is 0.545. The van der Waals surface area contributed by atoms with Crippen molar-refractivity contribution in [2.75, 3.05) is 6.54 Å². The maximum Gasteiger partial charge on any atom is 0.407 e. The molecule has 0 spiro atoms. The van der Waals surface area contributed by atoms with Crippen LogP contribution in [0.2, 0.25) is 0 Å². The van der Waals surface area contributed by atoms with Gasteiger partial charge in [-0.25, -0.2) is 4.79 Å². The van der Waals surface area contributed by atoms with Gasteiger partial charge in [0, 0.05) is 30.7 Å². The van der Waals surface area contributed by atoms with Crippen molar-refractivity contribution in [2.24, 2.45) is 7.05 Å². The van der Waals surface area contributed by atoms with Crippen LogP contribution in [0.5, 0.6) is 0 Å². The first kappa shape index (κ1) is 20.2. The number of nitrogens with one attached hydrogen (secondary N) is 2. The van der Waals surface area contributed by atoms with Gasteiger partial charge in [-0.1, -0.05) is 31.0 Å². The Hall–Kier alpha value is -2.50. The van der Waals surface area contributed by atoms with Gasteiger partial charge >= 0.3 is 6.09 Å². The highest BCUT2D eigenvalue weighted by molar-refractivity contribution is 5.89. The maximum atomic E-state index is 12.8. The molecule has 1 aromatic heterocycles. The summed E-state index contributed by atoms with van der Waals surface area (Å²) in [5.74, 6) is -0.00996. The summed E-state index contributed by atoms with van der Waals surface area (Å²) in [5.41, 5.74) is 1.21. The number of carbonyl (C=O) groups excluding carboxylic acids is 2. The average Bonchev–Trinajstić information content (AvgIpc) is 3.18. The summed E-state index contributed by atoms with van der Waals surface area (Å²) in [6.45, 7) is 5.90. The Labute approximate surface area is 166 Å². The lowest BCUT2D eigenvalue weighted by atomic mass is 9.96. The molecule has 1 fully saturated rings. The number of fused-ring (bicyclic) bond motifs is 1. The van der Waals surface area contributed by atoms with Gasteiger partial charge < -0.3 is 19.9 Å². The van der Waals surface area contributed by atoms with Gasteiger partial charge in [0.25, 0.3) is 0 Å². The van der Waals surface area contributed by atoms with E-state index in [-0.39, 0.29) is 5.91 Å². The Morgan fingerprint density at radius 3 is 2.54 bits per heavy atom. The standard InChI is InChI=1S/C22H31N3O3/c1-21(2,3)28-20(27)23-15-22(11-7-8-12-22)24-19(26)13-16-14-25(4)18-10-6-5-9-17(16)18/h5-6,9-10,14H,7-8,11-13,15H2,1-4H3,(H,23,27)(H,24,26). The zero-order valence-corrected chi connectivity index (χ0v) is 17.3. The lowest BCUT2D eigenvalue weighted by molar-refractivity contribution is -0.122. The quantitative estimate of drug-likeness (QED) is 0.825. The maximum absolute atomic E-state index is 12.8. The third-order valence-corrected chi connectivity index (χ3v) is 5.27. The second-order valence-electron chi connectivity index (χ2n) is 8.85. The number of hydrogen-bond donors (Lipinski definition) is 2. The molecule has 28 heavy (non-hydrogen) atoms. The fourth-order valence-corrected chi connectivity index (χ4v) is 4.03. The zero-order valence-electron chi connectivity index (χ0n) is 17.3. The van der Waals surface area contributed by atoms with Crippen molar-refractivity contribution in [3.8, 4) is 0 Å². The molecular formula is C22H31N3O3. The van der Waals surface area contributed by atoms with E-state index >= 15 is 0 Å². The first-order chi connectivity index (χ1) is 13.2. The van der Waals surface area contributed by atoms with Crippen molar-refractivity contribution in [1.82, 2.24) is 15.2 Å². The minimum atomic E-state index is -0.537. The van der Waals surface area contributed by atoms with Crippen LogP contribution in [0.1, 0.15) is 52.0 Å². The molecule has 1 aliphatic carbocycles. The molecular weight excluding hydrogens is 354 g/mol. The molecule has 3 rings (SSSR count). The average molecular weight is 386 g/mol. The summed E-state index contributed by atoms with van der Waals surface area (Å²) < 4.78 is 7.38. The van der Waals surface area contributed by atoms with Crippen LogP contribution in [0.3, 0.4) is 0 Å². The molecule has 0 radical (unpaired) electrons. The summed E-state index contributed by atoms with van der Waals surface area (Å²) in [6, 6.07) is 8.10. The molecule has 0 bridgehead atoms. The molecule has 0 atom stereocenters. The van der Waals surface area contributed by atoms with E-state index in [0.717, 1.165) is 42.1 Å². The van der Waals surface area contributed by atoms with Crippen molar-refractivity contribution in [3.05, 3.63) is 36.0 Å². The van der Waals surface area contributed by atoms with E-state index in [1.807, 2.05) is 56.8 Å². The Kier molecular flexibility index (Phi) is 5.68. The normalized spacial score (nSPS) is 16.1. The number of para-hydroxylation sites is 1. The van der Waals surface area contributed by atoms with Gasteiger partial charge in [-0.2, -0.15) is 0 Å². The molecule has 6 nitrogen and oxygen atoms in total. The summed E-state index contributed by atoms with van der Waals surface area (Å²) >= 11 is 0. The van der Waals surface area contributed by atoms with Gasteiger partial charge in [0.2, 0.25) is 5.91 Å². The van der Waals surface area contributed by atoms with Crippen molar-refractivity contribution in [3.63, 3.8) is 0 Å². The van der Waals surface area contributed by atoms with E-state index in [1.54, 1.807) is 0 Å². The molecule has 0 aliphatic heterocycles. The molecule has 0 saturated heterocycles. The highest BCUT2D eigenvalue weighted by Crippen LogP contribution is 2.30. The van der Waals surface area contributed by atoms with Crippen molar-refractivity contribution < 1.29 is 14.3 Å². The second kappa shape index (κ2) is 7.86. The summed E-state index contributed by atoms with van der Waals surface area (Å²) in [6.07, 6.45) is 5.73. The first-order valence-corrected chi connectivity index (χ1v) is 9.98. The van der Waals surface area contributed by atoms with Crippen LogP contribution in [0.4, 0.5) is 4.79 Å². The van der Waals surface area contributed by atoms with Gasteiger partial charge in [0.05, 0.1) is 12.0 Å². The van der Waals surface area contributed by atoms with Crippen LogP contribution in [-0.2, 0) is 23.0 Å². The minimum absolute atomic E-state index is 0.00996. The molecule has 1 aromatic carbocycles. The van der Waals surface area contributed by atoms with Crippen LogP contribution in [0.25, 0.3) is 10.9 Å². The van der Waals surface area contributed by atoms with E-state index in [0.29, 0.717) is 13.0 Å². The smallest absolute Gasteiger partial charge is 0.407 e. The third kappa shape index (κ3) is 4.86. The summed E-state index contributed by atoms with van der Waals surface area (Å²) in [5, 5.41) is 7.16. The number of amides is 2. The van der Waals surface area contributed by atoms with Crippen LogP contribution in [0, 0.1) is 0 Å². The van der Waals surface area contributed by atoms with Gasteiger partial charge in [-0.05, 0) is 45.2 Å². The predicted octanol–water partition coefficient (Wildman–Crippen LogP) is 3.67. The minimum Gasteiger partial charge on any atom is -0.444 e. The highest BCUT2D eigenvalue weighted by atomic mass is 16.6. The first-order valence-electron chi connectivity index (χ1n) is 9.98. The van der Waals surface area contributed by atoms with Crippen LogP contribution < -0.4 is 10.6 Å². The lowest BCUT2D eigenvalue weighted by Crippen LogP contribution is -2.54. The number of ether oxygens (including phenoxy) is 1. The van der Waals surface area contributed by atoms with Gasteiger partial charge in [0.1, 0.15) is 5.60 Å². The molecule has 0 unspecified atom stereocenters. The topological polar surface area (TPSA) is 72.4 Å². The van der Waals surface area contributed by atoms with Crippen molar-refractivity contribution >= 4 is 22.9 Å².